The molecule has 2 rings (SSSR count). The van der Waals surface area contributed by atoms with E-state index in [9.17, 15) is 4.79 Å². The van der Waals surface area contributed by atoms with E-state index in [2.05, 4.69) is 30.9 Å². The fourth-order valence-electron chi connectivity index (χ4n) is 2.56. The minimum atomic E-state index is -0.279. The summed E-state index contributed by atoms with van der Waals surface area (Å²) in [7, 11) is 0. The average Bonchev–Trinajstić information content (AvgIpc) is 2.65. The van der Waals surface area contributed by atoms with Crippen LogP contribution in [0, 0.1) is 11.8 Å². The molecule has 2 aromatic carbocycles. The first-order chi connectivity index (χ1) is 12.2. The van der Waals surface area contributed by atoms with Crippen molar-refractivity contribution in [1.29, 1.82) is 0 Å². The maximum Gasteiger partial charge on any atom is 0.338 e. The summed E-state index contributed by atoms with van der Waals surface area (Å²) in [6.45, 7) is 4.42. The van der Waals surface area contributed by atoms with Crippen LogP contribution in [0.3, 0.4) is 0 Å². The third-order valence-corrected chi connectivity index (χ3v) is 4.00. The van der Waals surface area contributed by atoms with E-state index in [0.717, 1.165) is 23.1 Å². The van der Waals surface area contributed by atoms with Gasteiger partial charge in [-0.3, -0.25) is 0 Å². The van der Waals surface area contributed by atoms with Gasteiger partial charge < -0.3 is 4.74 Å². The quantitative estimate of drug-likeness (QED) is 0.360. The molecule has 0 amide bonds. The Bertz CT molecular complexity index is 715. The van der Waals surface area contributed by atoms with E-state index in [0.29, 0.717) is 12.2 Å². The summed E-state index contributed by atoms with van der Waals surface area (Å²) in [6, 6.07) is 15.7. The number of unbranched alkanes of at least 4 members (excludes halogenated alkanes) is 4. The molecule has 0 atom stereocenters. The number of rotatable bonds is 7. The molecule has 0 spiro atoms. The minimum absolute atomic E-state index is 0.279. The van der Waals surface area contributed by atoms with Gasteiger partial charge in [0.25, 0.3) is 0 Å². The van der Waals surface area contributed by atoms with Crippen LogP contribution in [-0.2, 0) is 4.74 Å². The Hall–Kier alpha value is -2.53. The normalized spacial score (nSPS) is 10.0. The molecule has 0 saturated carbocycles. The van der Waals surface area contributed by atoms with Crippen molar-refractivity contribution < 1.29 is 9.53 Å². The third-order valence-electron chi connectivity index (χ3n) is 4.00. The van der Waals surface area contributed by atoms with Crippen LogP contribution in [0.4, 0.5) is 0 Å². The minimum Gasteiger partial charge on any atom is -0.462 e. The Morgan fingerprint density at radius 1 is 0.880 bits per heavy atom. The zero-order chi connectivity index (χ0) is 17.9. The summed E-state index contributed by atoms with van der Waals surface area (Å²) in [6.07, 6.45) is 5.98. The highest BCUT2D eigenvalue weighted by Crippen LogP contribution is 2.20. The zero-order valence-corrected chi connectivity index (χ0v) is 15.2. The molecule has 0 aliphatic carbocycles. The van der Waals surface area contributed by atoms with Crippen LogP contribution in [0.2, 0.25) is 0 Å². The maximum atomic E-state index is 11.7. The molecule has 0 N–H and O–H groups in total. The lowest BCUT2D eigenvalue weighted by Gasteiger charge is -2.04. The highest BCUT2D eigenvalue weighted by Gasteiger charge is 2.06. The molecule has 25 heavy (non-hydrogen) atoms. The van der Waals surface area contributed by atoms with E-state index in [1.165, 1.54) is 25.7 Å². The van der Waals surface area contributed by atoms with Crippen LogP contribution in [0.1, 0.15) is 61.9 Å². The summed E-state index contributed by atoms with van der Waals surface area (Å²) in [5.41, 5.74) is 3.81. The fourth-order valence-corrected chi connectivity index (χ4v) is 2.56. The van der Waals surface area contributed by atoms with E-state index in [1.54, 1.807) is 12.1 Å². The van der Waals surface area contributed by atoms with Crippen molar-refractivity contribution in [3.63, 3.8) is 0 Å². The van der Waals surface area contributed by atoms with Crippen molar-refractivity contribution >= 4 is 5.97 Å². The second kappa shape index (κ2) is 10.4. The molecule has 0 aromatic heterocycles. The van der Waals surface area contributed by atoms with Crippen LogP contribution < -0.4 is 0 Å². The molecular weight excluding hydrogens is 308 g/mol. The second-order valence-corrected chi connectivity index (χ2v) is 5.99. The molecule has 0 heterocycles. The number of carbonyl (C=O) groups excluding carboxylic acids is 1. The second-order valence-electron chi connectivity index (χ2n) is 5.99. The summed E-state index contributed by atoms with van der Waals surface area (Å²) >= 11 is 0. The van der Waals surface area contributed by atoms with Gasteiger partial charge in [-0.15, -0.1) is 0 Å². The first-order valence-corrected chi connectivity index (χ1v) is 9.11. The van der Waals surface area contributed by atoms with Crippen molar-refractivity contribution in [2.24, 2.45) is 0 Å². The highest BCUT2D eigenvalue weighted by molar-refractivity contribution is 5.90. The van der Waals surface area contributed by atoms with Gasteiger partial charge in [-0.1, -0.05) is 62.3 Å². The Labute approximate surface area is 151 Å². The largest absolute Gasteiger partial charge is 0.462 e. The lowest BCUT2D eigenvalue weighted by molar-refractivity contribution is 0.0526. The van der Waals surface area contributed by atoms with E-state index < -0.39 is 0 Å². The molecular formula is C23H26O2. The predicted octanol–water partition coefficient (Wildman–Crippen LogP) is 5.85. The first-order valence-electron chi connectivity index (χ1n) is 9.11. The summed E-state index contributed by atoms with van der Waals surface area (Å²) < 4.78 is 5.00. The van der Waals surface area contributed by atoms with Gasteiger partial charge in [0.1, 0.15) is 0 Å². The molecule has 0 saturated heterocycles. The summed E-state index contributed by atoms with van der Waals surface area (Å²) in [5.74, 6) is 6.20. The molecule has 0 aliphatic heterocycles. The molecule has 130 valence electrons. The topological polar surface area (TPSA) is 26.3 Å². The Balaban J connectivity index is 1.95. The Kier molecular flexibility index (Phi) is 7.79. The van der Waals surface area contributed by atoms with Gasteiger partial charge in [-0.05, 0) is 48.7 Å². The number of hydrogen-bond donors (Lipinski definition) is 0. The third kappa shape index (κ3) is 6.12. The molecule has 2 heteroatoms. The molecule has 2 nitrogen and oxygen atoms in total. The average molecular weight is 334 g/mol. The van der Waals surface area contributed by atoms with Crippen LogP contribution in [0.5, 0.6) is 0 Å². The van der Waals surface area contributed by atoms with Crippen LogP contribution in [0.15, 0.2) is 48.5 Å². The number of benzene rings is 2. The van der Waals surface area contributed by atoms with Gasteiger partial charge in [-0.25, -0.2) is 4.79 Å². The van der Waals surface area contributed by atoms with E-state index >= 15 is 0 Å². The molecule has 0 fully saturated rings. The molecule has 0 radical (unpaired) electrons. The molecule has 2 aromatic rings. The maximum absolute atomic E-state index is 11.7. The SMILES string of the molecule is CCCCCCC#Cc1ccc(-c2ccc(C(=O)OCC)cc2)cc1. The zero-order valence-electron chi connectivity index (χ0n) is 15.2. The van der Waals surface area contributed by atoms with E-state index in [-0.39, 0.29) is 5.97 Å². The van der Waals surface area contributed by atoms with Crippen LogP contribution in [-0.4, -0.2) is 12.6 Å². The van der Waals surface area contributed by atoms with Gasteiger partial charge in [0.05, 0.1) is 12.2 Å². The van der Waals surface area contributed by atoms with Gasteiger partial charge >= 0.3 is 5.97 Å². The summed E-state index contributed by atoms with van der Waals surface area (Å²) in [5, 5.41) is 0. The van der Waals surface area contributed by atoms with Gasteiger partial charge in [0.2, 0.25) is 0 Å². The van der Waals surface area contributed by atoms with Crippen molar-refractivity contribution in [2.75, 3.05) is 6.61 Å². The van der Waals surface area contributed by atoms with Crippen LogP contribution >= 0.6 is 0 Å². The smallest absolute Gasteiger partial charge is 0.338 e. The number of carbonyl (C=O) groups is 1. The van der Waals surface area contributed by atoms with E-state index in [4.69, 9.17) is 4.74 Å². The standard InChI is InChI=1S/C23H26O2/c1-3-5-6-7-8-9-10-19-11-13-20(14-12-19)21-15-17-22(18-16-21)23(24)25-4-2/h11-18H,3-8H2,1-2H3. The Morgan fingerprint density at radius 2 is 1.52 bits per heavy atom. The van der Waals surface area contributed by atoms with Crippen molar-refractivity contribution in [3.05, 3.63) is 59.7 Å². The molecule has 0 aliphatic rings. The van der Waals surface area contributed by atoms with Crippen LogP contribution in [0.25, 0.3) is 11.1 Å². The first kappa shape index (κ1) is 18.8. The summed E-state index contributed by atoms with van der Waals surface area (Å²) in [4.78, 5) is 11.7. The molecule has 0 unspecified atom stereocenters. The number of hydrogen-bond acceptors (Lipinski definition) is 2. The van der Waals surface area contributed by atoms with Gasteiger partial charge in [0.15, 0.2) is 0 Å². The predicted molar refractivity (Wildman–Crippen MR) is 103 cm³/mol. The number of ether oxygens (including phenoxy) is 1. The van der Waals surface area contributed by atoms with Crippen molar-refractivity contribution in [2.45, 2.75) is 46.0 Å². The molecule has 0 bridgehead atoms. The van der Waals surface area contributed by atoms with Gasteiger partial charge in [0, 0.05) is 12.0 Å². The lowest BCUT2D eigenvalue weighted by atomic mass is 10.0. The highest BCUT2D eigenvalue weighted by atomic mass is 16.5. The van der Waals surface area contributed by atoms with E-state index in [1.807, 2.05) is 31.2 Å². The van der Waals surface area contributed by atoms with Crippen molar-refractivity contribution in [1.82, 2.24) is 0 Å². The fraction of sp³-hybridized carbons (Fsp3) is 0.348. The monoisotopic (exact) mass is 334 g/mol. The van der Waals surface area contributed by atoms with Gasteiger partial charge in [-0.2, -0.15) is 0 Å². The van der Waals surface area contributed by atoms with Crippen molar-refractivity contribution in [3.8, 4) is 23.0 Å². The Morgan fingerprint density at radius 3 is 2.12 bits per heavy atom. The number of esters is 1. The lowest BCUT2D eigenvalue weighted by Crippen LogP contribution is -2.03.